The van der Waals surface area contributed by atoms with Gasteiger partial charge in [-0.15, -0.1) is 0 Å². The summed E-state index contributed by atoms with van der Waals surface area (Å²) in [6.07, 6.45) is 0. The van der Waals surface area contributed by atoms with E-state index in [4.69, 9.17) is 0 Å². The number of nitrogens with zero attached hydrogens (tertiary/aromatic N) is 3. The van der Waals surface area contributed by atoms with Gasteiger partial charge in [0, 0.05) is 38.6 Å². The van der Waals surface area contributed by atoms with Crippen molar-refractivity contribution in [3.8, 4) is 22.5 Å². The second kappa shape index (κ2) is 12.1. The molecule has 10 aromatic rings. The summed E-state index contributed by atoms with van der Waals surface area (Å²) in [5.74, 6) is -0.252. The molecule has 246 valence electrons. The third kappa shape index (κ3) is 4.73. The van der Waals surface area contributed by atoms with Gasteiger partial charge >= 0.3 is 0 Å². The fraction of sp³-hybridized carbons (Fsp3) is 0. The summed E-state index contributed by atoms with van der Waals surface area (Å²) in [5, 5.41) is 4.60. The zero-order valence-electron chi connectivity index (χ0n) is 28.2. The second-order valence-corrected chi connectivity index (χ2v) is 13.1. The highest BCUT2D eigenvalue weighted by atomic mass is 19.1. The Morgan fingerprint density at radius 1 is 0.365 bits per heavy atom. The molecule has 4 heteroatoms. The van der Waals surface area contributed by atoms with E-state index in [1.165, 1.54) is 22.9 Å². The second-order valence-electron chi connectivity index (χ2n) is 13.1. The van der Waals surface area contributed by atoms with Gasteiger partial charge in [0.15, 0.2) is 0 Å². The van der Waals surface area contributed by atoms with Crippen molar-refractivity contribution in [2.24, 2.45) is 0 Å². The third-order valence-electron chi connectivity index (χ3n) is 10.1. The highest BCUT2D eigenvalue weighted by molar-refractivity contribution is 6.20. The standard InChI is InChI=1S/C48H32FN3/c49-35-28-30-37(31-29-35)51-42-23-10-8-21-40(42)48-44(51)25-13-27-46(48)52(38-19-11-16-34(32-38)33-14-3-1-4-15-33)45-26-12-24-43-47(45)39-20-7-9-22-41(39)50(43)36-17-5-2-6-18-36/h1-32H. The molecule has 10 rings (SSSR count). The van der Waals surface area contributed by atoms with Gasteiger partial charge in [0.2, 0.25) is 0 Å². The zero-order valence-corrected chi connectivity index (χ0v) is 28.2. The van der Waals surface area contributed by atoms with Gasteiger partial charge < -0.3 is 14.0 Å². The highest BCUT2D eigenvalue weighted by Gasteiger charge is 2.25. The largest absolute Gasteiger partial charge is 0.309 e. The summed E-state index contributed by atoms with van der Waals surface area (Å²) in [4.78, 5) is 2.43. The van der Waals surface area contributed by atoms with Crippen molar-refractivity contribution in [3.63, 3.8) is 0 Å². The van der Waals surface area contributed by atoms with E-state index in [0.717, 1.165) is 72.4 Å². The molecule has 0 saturated carbocycles. The van der Waals surface area contributed by atoms with Crippen LogP contribution < -0.4 is 4.90 Å². The number of fused-ring (bicyclic) bond motifs is 6. The predicted molar refractivity (Wildman–Crippen MR) is 215 cm³/mol. The maximum atomic E-state index is 14.2. The lowest BCUT2D eigenvalue weighted by Gasteiger charge is -2.28. The Kier molecular flexibility index (Phi) is 7.00. The minimum Gasteiger partial charge on any atom is -0.309 e. The number of aromatic nitrogens is 2. The van der Waals surface area contributed by atoms with E-state index in [2.05, 4.69) is 184 Å². The van der Waals surface area contributed by atoms with Gasteiger partial charge in [-0.1, -0.05) is 109 Å². The van der Waals surface area contributed by atoms with Gasteiger partial charge in [-0.3, -0.25) is 0 Å². The molecule has 0 fully saturated rings. The van der Waals surface area contributed by atoms with Crippen molar-refractivity contribution >= 4 is 60.7 Å². The Morgan fingerprint density at radius 3 is 1.42 bits per heavy atom. The summed E-state index contributed by atoms with van der Waals surface area (Å²) in [6.45, 7) is 0. The number of benzene rings is 8. The molecule has 0 amide bonds. The zero-order chi connectivity index (χ0) is 34.6. The lowest BCUT2D eigenvalue weighted by atomic mass is 10.0. The summed E-state index contributed by atoms with van der Waals surface area (Å²) >= 11 is 0. The predicted octanol–water partition coefficient (Wildman–Crippen LogP) is 13.2. The molecular formula is C48H32FN3. The van der Waals surface area contributed by atoms with E-state index in [1.807, 2.05) is 12.1 Å². The Hall–Kier alpha value is -6.91. The maximum Gasteiger partial charge on any atom is 0.123 e. The average Bonchev–Trinajstić information content (AvgIpc) is 3.73. The molecule has 0 aliphatic rings. The van der Waals surface area contributed by atoms with Gasteiger partial charge in [0.25, 0.3) is 0 Å². The fourth-order valence-corrected chi connectivity index (χ4v) is 7.96. The minimum atomic E-state index is -0.252. The van der Waals surface area contributed by atoms with Gasteiger partial charge in [-0.2, -0.15) is 0 Å². The lowest BCUT2D eigenvalue weighted by Crippen LogP contribution is -2.11. The van der Waals surface area contributed by atoms with Crippen LogP contribution >= 0.6 is 0 Å². The Bertz CT molecular complexity index is 2900. The van der Waals surface area contributed by atoms with Crippen LogP contribution in [0.2, 0.25) is 0 Å². The normalized spacial score (nSPS) is 11.6. The van der Waals surface area contributed by atoms with Gasteiger partial charge in [0.05, 0.1) is 33.4 Å². The molecule has 8 aromatic carbocycles. The quantitative estimate of drug-likeness (QED) is 0.172. The van der Waals surface area contributed by atoms with Gasteiger partial charge in [-0.05, 0) is 96.1 Å². The molecule has 0 aliphatic carbocycles. The molecule has 0 N–H and O–H groups in total. The average molecular weight is 670 g/mol. The van der Waals surface area contributed by atoms with Gasteiger partial charge in [-0.25, -0.2) is 4.39 Å². The summed E-state index contributed by atoms with van der Waals surface area (Å²) in [7, 11) is 0. The number of hydrogen-bond acceptors (Lipinski definition) is 1. The first-order valence-corrected chi connectivity index (χ1v) is 17.6. The van der Waals surface area contributed by atoms with E-state index in [-0.39, 0.29) is 5.82 Å². The summed E-state index contributed by atoms with van der Waals surface area (Å²) in [6, 6.07) is 67.2. The first kappa shape index (κ1) is 30.0. The maximum absolute atomic E-state index is 14.2. The van der Waals surface area contributed by atoms with Crippen LogP contribution in [0.15, 0.2) is 194 Å². The Labute approximate surface area is 300 Å². The molecule has 0 atom stereocenters. The molecule has 2 aromatic heterocycles. The molecular weight excluding hydrogens is 638 g/mol. The smallest absolute Gasteiger partial charge is 0.123 e. The third-order valence-corrected chi connectivity index (χ3v) is 10.1. The van der Waals surface area contributed by atoms with Crippen LogP contribution in [0.25, 0.3) is 66.1 Å². The highest BCUT2D eigenvalue weighted by Crippen LogP contribution is 2.48. The van der Waals surface area contributed by atoms with Crippen LogP contribution in [0.4, 0.5) is 21.5 Å². The number of para-hydroxylation sites is 3. The molecule has 0 radical (unpaired) electrons. The van der Waals surface area contributed by atoms with Crippen molar-refractivity contribution in [1.82, 2.24) is 9.13 Å². The van der Waals surface area contributed by atoms with E-state index in [1.54, 1.807) is 0 Å². The van der Waals surface area contributed by atoms with Crippen LogP contribution in [0, 0.1) is 5.82 Å². The van der Waals surface area contributed by atoms with E-state index < -0.39 is 0 Å². The topological polar surface area (TPSA) is 13.1 Å². The van der Waals surface area contributed by atoms with E-state index >= 15 is 0 Å². The van der Waals surface area contributed by atoms with Crippen LogP contribution in [0.3, 0.4) is 0 Å². The Morgan fingerprint density at radius 2 is 0.827 bits per heavy atom. The minimum absolute atomic E-state index is 0.252. The SMILES string of the molecule is Fc1ccc(-n2c3ccccc3c3c(N(c4cccc(-c5ccccc5)c4)c4cccc5c4c4ccccc4n5-c4ccccc4)cccc32)cc1. The summed E-state index contributed by atoms with van der Waals surface area (Å²) in [5.41, 5.74) is 11.9. The molecule has 0 saturated heterocycles. The van der Waals surface area contributed by atoms with Crippen LogP contribution in [0.1, 0.15) is 0 Å². The Balaban J connectivity index is 1.33. The van der Waals surface area contributed by atoms with Crippen molar-refractivity contribution in [2.75, 3.05) is 4.90 Å². The van der Waals surface area contributed by atoms with Crippen molar-refractivity contribution in [1.29, 1.82) is 0 Å². The molecule has 52 heavy (non-hydrogen) atoms. The number of anilines is 3. The number of rotatable bonds is 6. The van der Waals surface area contributed by atoms with E-state index in [9.17, 15) is 4.39 Å². The molecule has 3 nitrogen and oxygen atoms in total. The first-order chi connectivity index (χ1) is 25.7. The monoisotopic (exact) mass is 669 g/mol. The molecule has 2 heterocycles. The molecule has 0 bridgehead atoms. The van der Waals surface area contributed by atoms with Gasteiger partial charge in [0.1, 0.15) is 5.82 Å². The van der Waals surface area contributed by atoms with Crippen LogP contribution in [0.5, 0.6) is 0 Å². The van der Waals surface area contributed by atoms with Crippen molar-refractivity contribution in [2.45, 2.75) is 0 Å². The number of halogens is 1. The first-order valence-electron chi connectivity index (χ1n) is 17.6. The summed E-state index contributed by atoms with van der Waals surface area (Å²) < 4.78 is 18.8. The van der Waals surface area contributed by atoms with Crippen LogP contribution in [-0.4, -0.2) is 9.13 Å². The fourth-order valence-electron chi connectivity index (χ4n) is 7.96. The van der Waals surface area contributed by atoms with Crippen molar-refractivity contribution < 1.29 is 4.39 Å². The molecule has 0 aliphatic heterocycles. The lowest BCUT2D eigenvalue weighted by molar-refractivity contribution is 0.627. The number of hydrogen-bond donors (Lipinski definition) is 0. The van der Waals surface area contributed by atoms with Crippen molar-refractivity contribution in [3.05, 3.63) is 200 Å². The molecule has 0 unspecified atom stereocenters. The molecule has 0 spiro atoms. The van der Waals surface area contributed by atoms with Crippen LogP contribution in [-0.2, 0) is 0 Å². The van der Waals surface area contributed by atoms with E-state index in [0.29, 0.717) is 0 Å².